The van der Waals surface area contributed by atoms with E-state index in [2.05, 4.69) is 12.6 Å². The molecule has 4 heteroatoms. The van der Waals surface area contributed by atoms with Crippen LogP contribution in [0.25, 0.3) is 10.1 Å². The van der Waals surface area contributed by atoms with Crippen molar-refractivity contribution < 1.29 is 4.74 Å². The molecule has 1 aromatic heterocycles. The first-order chi connectivity index (χ1) is 6.77. The quantitative estimate of drug-likeness (QED) is 0.622. The van der Waals surface area contributed by atoms with E-state index in [0.29, 0.717) is 5.88 Å². The van der Waals surface area contributed by atoms with Crippen LogP contribution in [0.3, 0.4) is 0 Å². The van der Waals surface area contributed by atoms with E-state index in [1.165, 1.54) is 0 Å². The van der Waals surface area contributed by atoms with Gasteiger partial charge in [-0.05, 0) is 17.5 Å². The van der Waals surface area contributed by atoms with Crippen molar-refractivity contribution in [2.24, 2.45) is 0 Å². The molecule has 0 atom stereocenters. The monoisotopic (exact) mass is 244 g/mol. The lowest BCUT2D eigenvalue weighted by atomic mass is 10.1. The molecule has 0 aliphatic carbocycles. The van der Waals surface area contributed by atoms with E-state index in [0.717, 1.165) is 26.3 Å². The van der Waals surface area contributed by atoms with Crippen molar-refractivity contribution in [2.45, 2.75) is 10.8 Å². The molecule has 2 aromatic rings. The zero-order chi connectivity index (χ0) is 10.1. The molecule has 0 unspecified atom stereocenters. The Hall–Kier alpha value is -0.380. The maximum absolute atomic E-state index is 5.84. The molecule has 1 aromatic carbocycles. The van der Waals surface area contributed by atoms with Crippen LogP contribution in [0.1, 0.15) is 5.56 Å². The number of hydrogen-bond donors (Lipinski definition) is 1. The Morgan fingerprint density at radius 3 is 3.00 bits per heavy atom. The van der Waals surface area contributed by atoms with Gasteiger partial charge in [0.05, 0.1) is 17.7 Å². The van der Waals surface area contributed by atoms with Gasteiger partial charge in [-0.15, -0.1) is 35.6 Å². The number of benzene rings is 1. The molecule has 0 radical (unpaired) electrons. The molecule has 14 heavy (non-hydrogen) atoms. The highest BCUT2D eigenvalue weighted by molar-refractivity contribution is 7.80. The Morgan fingerprint density at radius 2 is 2.36 bits per heavy atom. The SMILES string of the molecule is COc1c(CCl)cc(S)c2sccc12. The fourth-order valence-corrected chi connectivity index (χ4v) is 2.94. The first-order valence-electron chi connectivity index (χ1n) is 4.10. The second-order valence-electron chi connectivity index (χ2n) is 2.89. The Kier molecular flexibility index (Phi) is 2.91. The number of fused-ring (bicyclic) bond motifs is 1. The number of halogens is 1. The van der Waals surface area contributed by atoms with Gasteiger partial charge in [0.2, 0.25) is 0 Å². The fourth-order valence-electron chi connectivity index (χ4n) is 1.50. The van der Waals surface area contributed by atoms with Gasteiger partial charge in [0.25, 0.3) is 0 Å². The minimum atomic E-state index is 0.447. The van der Waals surface area contributed by atoms with Crippen LogP contribution in [-0.4, -0.2) is 7.11 Å². The summed E-state index contributed by atoms with van der Waals surface area (Å²) in [6, 6.07) is 4.00. The summed E-state index contributed by atoms with van der Waals surface area (Å²) in [5.41, 5.74) is 0.991. The summed E-state index contributed by atoms with van der Waals surface area (Å²) in [6.07, 6.45) is 0. The summed E-state index contributed by atoms with van der Waals surface area (Å²) in [5, 5.41) is 3.13. The topological polar surface area (TPSA) is 9.23 Å². The van der Waals surface area contributed by atoms with Crippen LogP contribution in [0.4, 0.5) is 0 Å². The third-order valence-corrected chi connectivity index (χ3v) is 3.83. The third kappa shape index (κ3) is 1.49. The molecule has 0 saturated carbocycles. The molecule has 2 rings (SSSR count). The van der Waals surface area contributed by atoms with Crippen LogP contribution in [-0.2, 0) is 5.88 Å². The smallest absolute Gasteiger partial charge is 0.132 e. The third-order valence-electron chi connectivity index (χ3n) is 2.09. The largest absolute Gasteiger partial charge is 0.496 e. The lowest BCUT2D eigenvalue weighted by Gasteiger charge is -2.08. The normalized spacial score (nSPS) is 10.8. The van der Waals surface area contributed by atoms with E-state index in [4.69, 9.17) is 16.3 Å². The highest BCUT2D eigenvalue weighted by Gasteiger charge is 2.11. The van der Waals surface area contributed by atoms with Gasteiger partial charge in [0.1, 0.15) is 5.75 Å². The number of thiol groups is 1. The molecule has 0 fully saturated rings. The number of rotatable bonds is 2. The standard InChI is InChI=1S/C10H9ClOS2/c1-12-9-6(5-11)4-8(13)10-7(9)2-3-14-10/h2-4,13H,5H2,1H3. The minimum absolute atomic E-state index is 0.447. The first-order valence-corrected chi connectivity index (χ1v) is 5.96. The van der Waals surface area contributed by atoms with Gasteiger partial charge in [-0.1, -0.05) is 0 Å². The van der Waals surface area contributed by atoms with Gasteiger partial charge < -0.3 is 4.74 Å². The second-order valence-corrected chi connectivity index (χ2v) is 4.55. The van der Waals surface area contributed by atoms with Crippen molar-refractivity contribution >= 4 is 45.7 Å². The highest BCUT2D eigenvalue weighted by atomic mass is 35.5. The lowest BCUT2D eigenvalue weighted by molar-refractivity contribution is 0.416. The van der Waals surface area contributed by atoms with Gasteiger partial charge in [-0.25, -0.2) is 0 Å². The van der Waals surface area contributed by atoms with E-state index in [1.807, 2.05) is 17.5 Å². The van der Waals surface area contributed by atoms with E-state index in [9.17, 15) is 0 Å². The van der Waals surface area contributed by atoms with Crippen LogP contribution in [0.5, 0.6) is 5.75 Å². The van der Waals surface area contributed by atoms with Crippen LogP contribution in [0.2, 0.25) is 0 Å². The van der Waals surface area contributed by atoms with Gasteiger partial charge in [0, 0.05) is 15.8 Å². The van der Waals surface area contributed by atoms with E-state index in [-0.39, 0.29) is 0 Å². The van der Waals surface area contributed by atoms with Gasteiger partial charge in [0.15, 0.2) is 0 Å². The number of alkyl halides is 1. The zero-order valence-electron chi connectivity index (χ0n) is 7.58. The maximum atomic E-state index is 5.84. The van der Waals surface area contributed by atoms with Crippen molar-refractivity contribution in [2.75, 3.05) is 7.11 Å². The molecule has 0 bridgehead atoms. The number of thiophene rings is 1. The summed E-state index contributed by atoms with van der Waals surface area (Å²) in [6.45, 7) is 0. The summed E-state index contributed by atoms with van der Waals surface area (Å²) < 4.78 is 6.50. The molecule has 0 aliphatic rings. The molecule has 0 aliphatic heterocycles. The molecule has 1 heterocycles. The molecule has 74 valence electrons. The Balaban J connectivity index is 2.82. The Bertz CT molecular complexity index is 464. The van der Waals surface area contributed by atoms with Crippen molar-refractivity contribution in [3.8, 4) is 5.75 Å². The molecule has 1 nitrogen and oxygen atoms in total. The first kappa shape index (κ1) is 10.1. The van der Waals surface area contributed by atoms with E-state index >= 15 is 0 Å². The van der Waals surface area contributed by atoms with Crippen LogP contribution >= 0.6 is 35.6 Å². The average Bonchev–Trinajstić information content (AvgIpc) is 2.66. The lowest BCUT2D eigenvalue weighted by Crippen LogP contribution is -1.90. The number of ether oxygens (including phenoxy) is 1. The van der Waals surface area contributed by atoms with Gasteiger partial charge in [-0.3, -0.25) is 0 Å². The molecular weight excluding hydrogens is 236 g/mol. The van der Waals surface area contributed by atoms with E-state index in [1.54, 1.807) is 18.4 Å². The van der Waals surface area contributed by atoms with Crippen molar-refractivity contribution in [1.82, 2.24) is 0 Å². The molecule has 0 spiro atoms. The summed E-state index contributed by atoms with van der Waals surface area (Å²) in [5.74, 6) is 1.32. The van der Waals surface area contributed by atoms with Crippen molar-refractivity contribution in [3.63, 3.8) is 0 Å². The molecule has 0 N–H and O–H groups in total. The summed E-state index contributed by atoms with van der Waals surface area (Å²) >= 11 is 11.9. The Morgan fingerprint density at radius 1 is 1.57 bits per heavy atom. The fraction of sp³-hybridized carbons (Fsp3) is 0.200. The predicted molar refractivity (Wildman–Crippen MR) is 65.2 cm³/mol. The average molecular weight is 245 g/mol. The maximum Gasteiger partial charge on any atom is 0.132 e. The second kappa shape index (κ2) is 4.01. The summed E-state index contributed by atoms with van der Waals surface area (Å²) in [7, 11) is 1.67. The highest BCUT2D eigenvalue weighted by Crippen LogP contribution is 2.38. The van der Waals surface area contributed by atoms with E-state index < -0.39 is 0 Å². The predicted octanol–water partition coefficient (Wildman–Crippen LogP) is 3.94. The molecule has 0 saturated heterocycles. The number of methoxy groups -OCH3 is 1. The van der Waals surface area contributed by atoms with Gasteiger partial charge >= 0.3 is 0 Å². The van der Waals surface area contributed by atoms with Crippen molar-refractivity contribution in [1.29, 1.82) is 0 Å². The molecular formula is C10H9ClOS2. The van der Waals surface area contributed by atoms with Crippen molar-refractivity contribution in [3.05, 3.63) is 23.1 Å². The van der Waals surface area contributed by atoms with Gasteiger partial charge in [-0.2, -0.15) is 0 Å². The van der Waals surface area contributed by atoms with Crippen LogP contribution in [0, 0.1) is 0 Å². The van der Waals surface area contributed by atoms with Crippen LogP contribution in [0.15, 0.2) is 22.4 Å². The molecule has 0 amide bonds. The van der Waals surface area contributed by atoms with Crippen LogP contribution < -0.4 is 4.74 Å². The zero-order valence-corrected chi connectivity index (χ0v) is 10.0. The number of hydrogen-bond acceptors (Lipinski definition) is 3. The minimum Gasteiger partial charge on any atom is -0.496 e. The summed E-state index contributed by atoms with van der Waals surface area (Å²) in [4.78, 5) is 0.964. The Labute approximate surface area is 97.1 Å².